The van der Waals surface area contributed by atoms with Crippen molar-refractivity contribution in [3.63, 3.8) is 0 Å². The van der Waals surface area contributed by atoms with Gasteiger partial charge in [-0.1, -0.05) is 72.3 Å². The number of carbonyl (C=O) groups is 2. The summed E-state index contributed by atoms with van der Waals surface area (Å²) in [4.78, 5) is 24.8. The molecular formula is C30H50O3. The van der Waals surface area contributed by atoms with Crippen LogP contribution in [0.25, 0.3) is 0 Å². The molecule has 3 nitrogen and oxygen atoms in total. The van der Waals surface area contributed by atoms with Crippen molar-refractivity contribution in [2.24, 2.45) is 28.6 Å². The number of carbonyl (C=O) groups excluding carboxylic acids is 2. The van der Waals surface area contributed by atoms with Crippen molar-refractivity contribution >= 4 is 11.8 Å². The normalized spacial score (nSPS) is 36.9. The van der Waals surface area contributed by atoms with E-state index in [9.17, 15) is 9.59 Å². The number of esters is 1. The first-order valence-electron chi connectivity index (χ1n) is 14.2. The van der Waals surface area contributed by atoms with Crippen molar-refractivity contribution in [1.82, 2.24) is 0 Å². The molecule has 0 N–H and O–H groups in total. The lowest BCUT2D eigenvalue weighted by atomic mass is 9.55. The maximum Gasteiger partial charge on any atom is 0.309 e. The first-order valence-corrected chi connectivity index (χ1v) is 14.2. The van der Waals surface area contributed by atoms with Crippen molar-refractivity contribution < 1.29 is 14.3 Å². The smallest absolute Gasteiger partial charge is 0.309 e. The molecule has 3 heteroatoms. The lowest BCUT2D eigenvalue weighted by molar-refractivity contribution is -0.163. The summed E-state index contributed by atoms with van der Waals surface area (Å²) in [5.41, 5.74) is 1.71. The van der Waals surface area contributed by atoms with Crippen molar-refractivity contribution in [1.29, 1.82) is 0 Å². The topological polar surface area (TPSA) is 43.4 Å². The van der Waals surface area contributed by atoms with E-state index in [2.05, 4.69) is 34.6 Å². The van der Waals surface area contributed by atoms with Gasteiger partial charge in [-0.05, 0) is 81.1 Å². The fourth-order valence-electron chi connectivity index (χ4n) is 7.27. The monoisotopic (exact) mass is 458 g/mol. The van der Waals surface area contributed by atoms with Gasteiger partial charge in [0, 0.05) is 11.8 Å². The van der Waals surface area contributed by atoms with E-state index in [0.717, 1.165) is 38.5 Å². The van der Waals surface area contributed by atoms with E-state index >= 15 is 0 Å². The molecule has 33 heavy (non-hydrogen) atoms. The molecule has 0 bridgehead atoms. The lowest BCUT2D eigenvalue weighted by Crippen LogP contribution is -2.44. The molecule has 5 atom stereocenters. The molecular weight excluding hydrogens is 408 g/mol. The third-order valence-electron chi connectivity index (χ3n) is 9.98. The minimum absolute atomic E-state index is 0.0904. The summed E-state index contributed by atoms with van der Waals surface area (Å²) in [5, 5.41) is 0. The van der Waals surface area contributed by atoms with Crippen LogP contribution in [0.4, 0.5) is 0 Å². The zero-order valence-corrected chi connectivity index (χ0v) is 22.2. The van der Waals surface area contributed by atoms with Crippen molar-refractivity contribution in [2.75, 3.05) is 0 Å². The molecule has 4 aliphatic rings. The van der Waals surface area contributed by atoms with Gasteiger partial charge in [0.05, 0.1) is 5.92 Å². The molecule has 0 heterocycles. The summed E-state index contributed by atoms with van der Waals surface area (Å²) in [5.74, 6) is 1.87. The highest BCUT2D eigenvalue weighted by atomic mass is 16.5. The second-order valence-corrected chi connectivity index (χ2v) is 11.9. The Hall–Kier alpha value is -1.12. The lowest BCUT2D eigenvalue weighted by Gasteiger charge is -2.50. The second-order valence-electron chi connectivity index (χ2n) is 11.9. The summed E-state index contributed by atoms with van der Waals surface area (Å²) in [6, 6.07) is 0. The number of fused-ring (bicyclic) bond motifs is 1. The molecule has 0 radical (unpaired) electrons. The molecule has 0 aromatic rings. The number of rotatable bonds is 5. The number of ketones is 1. The van der Waals surface area contributed by atoms with Gasteiger partial charge in [0.15, 0.2) is 5.78 Å². The number of hydrogen-bond donors (Lipinski definition) is 0. The summed E-state index contributed by atoms with van der Waals surface area (Å²) in [6.45, 7) is 11.4. The van der Waals surface area contributed by atoms with Crippen LogP contribution in [0.1, 0.15) is 131 Å². The van der Waals surface area contributed by atoms with Gasteiger partial charge in [0.2, 0.25) is 0 Å². The molecule has 4 aliphatic carbocycles. The molecule has 3 fully saturated rings. The van der Waals surface area contributed by atoms with Crippen molar-refractivity contribution in [3.8, 4) is 0 Å². The first kappa shape index (κ1) is 26.5. The fourth-order valence-corrected chi connectivity index (χ4v) is 7.27. The Morgan fingerprint density at radius 3 is 2.27 bits per heavy atom. The molecule has 5 unspecified atom stereocenters. The van der Waals surface area contributed by atoms with Gasteiger partial charge in [-0.3, -0.25) is 9.59 Å². The molecule has 0 spiro atoms. The second kappa shape index (κ2) is 11.5. The van der Waals surface area contributed by atoms with Gasteiger partial charge >= 0.3 is 5.97 Å². The summed E-state index contributed by atoms with van der Waals surface area (Å²) in [7, 11) is 0. The molecule has 0 saturated heterocycles. The van der Waals surface area contributed by atoms with Gasteiger partial charge in [0.1, 0.15) is 6.10 Å². The summed E-state index contributed by atoms with van der Waals surface area (Å²) >= 11 is 0. The van der Waals surface area contributed by atoms with Gasteiger partial charge in [-0.25, -0.2) is 0 Å². The Labute approximate surface area is 203 Å². The highest BCUT2D eigenvalue weighted by molar-refractivity contribution is 5.91. The van der Waals surface area contributed by atoms with E-state index < -0.39 is 0 Å². The van der Waals surface area contributed by atoms with Crippen LogP contribution in [0.5, 0.6) is 0 Å². The Morgan fingerprint density at radius 1 is 0.939 bits per heavy atom. The molecule has 188 valence electrons. The van der Waals surface area contributed by atoms with E-state index in [-0.39, 0.29) is 28.8 Å². The number of unbranched alkanes of at least 4 members (excludes halogenated alkanes) is 1. The average Bonchev–Trinajstić information content (AvgIpc) is 3.16. The molecule has 3 saturated carbocycles. The average molecular weight is 459 g/mol. The zero-order valence-electron chi connectivity index (χ0n) is 22.2. The third-order valence-corrected chi connectivity index (χ3v) is 9.98. The SMILES string of the molecule is CCC1=CC(=O)CCC1(C)C1CCC2(C)C(CCC2OC(=O)C2CCCCC2)C1.CCCC. The molecule has 4 rings (SSSR count). The standard InChI is InChI=1S/C26H40O3.C4H10/c1-4-19-17-22(27)13-15-25(19,2)21-12-14-26(3)20(16-21)10-11-23(26)29-24(28)18-8-6-5-7-9-18;1-3-4-2/h17-18,20-21,23H,4-16H2,1-3H3;3-4H2,1-2H3. The van der Waals surface area contributed by atoms with Crippen LogP contribution in [-0.4, -0.2) is 17.9 Å². The highest BCUT2D eigenvalue weighted by Gasteiger charge is 2.54. The number of hydrogen-bond acceptors (Lipinski definition) is 3. The van der Waals surface area contributed by atoms with E-state index in [1.165, 1.54) is 56.9 Å². The summed E-state index contributed by atoms with van der Waals surface area (Å²) in [6.07, 6.45) is 18.9. The van der Waals surface area contributed by atoms with Gasteiger partial charge < -0.3 is 4.74 Å². The van der Waals surface area contributed by atoms with Gasteiger partial charge in [0.25, 0.3) is 0 Å². The van der Waals surface area contributed by atoms with Crippen molar-refractivity contribution in [3.05, 3.63) is 11.6 Å². The predicted molar refractivity (Wildman–Crippen MR) is 136 cm³/mol. The van der Waals surface area contributed by atoms with Crippen LogP contribution >= 0.6 is 0 Å². The third kappa shape index (κ3) is 5.76. The summed E-state index contributed by atoms with van der Waals surface area (Å²) < 4.78 is 6.19. The maximum absolute atomic E-state index is 12.8. The van der Waals surface area contributed by atoms with Gasteiger partial charge in [-0.15, -0.1) is 0 Å². The minimum atomic E-state index is 0.0904. The number of allylic oxidation sites excluding steroid dienone is 2. The van der Waals surface area contributed by atoms with E-state index in [0.29, 0.717) is 24.0 Å². The quantitative estimate of drug-likeness (QED) is 0.390. The Morgan fingerprint density at radius 2 is 1.64 bits per heavy atom. The van der Waals surface area contributed by atoms with Gasteiger partial charge in [-0.2, -0.15) is 0 Å². The first-order chi connectivity index (χ1) is 15.8. The van der Waals surface area contributed by atoms with Crippen LogP contribution in [0.3, 0.4) is 0 Å². The van der Waals surface area contributed by atoms with E-state index in [1.54, 1.807) is 0 Å². The Kier molecular flexibility index (Phi) is 9.26. The van der Waals surface area contributed by atoms with Crippen LogP contribution < -0.4 is 0 Å². The highest BCUT2D eigenvalue weighted by Crippen LogP contribution is 2.60. The molecule has 0 aromatic carbocycles. The van der Waals surface area contributed by atoms with Crippen LogP contribution in [-0.2, 0) is 14.3 Å². The maximum atomic E-state index is 12.8. The van der Waals surface area contributed by atoms with E-state index in [1.807, 2.05) is 6.08 Å². The fraction of sp³-hybridized carbons (Fsp3) is 0.867. The Balaban J connectivity index is 0.000000709. The minimum Gasteiger partial charge on any atom is -0.462 e. The van der Waals surface area contributed by atoms with Crippen LogP contribution in [0.2, 0.25) is 0 Å². The molecule has 0 aliphatic heterocycles. The van der Waals surface area contributed by atoms with Crippen molar-refractivity contribution in [2.45, 2.75) is 137 Å². The predicted octanol–water partition coefficient (Wildman–Crippen LogP) is 8.21. The zero-order chi connectivity index (χ0) is 24.1. The largest absolute Gasteiger partial charge is 0.462 e. The van der Waals surface area contributed by atoms with Crippen LogP contribution in [0.15, 0.2) is 11.6 Å². The number of ether oxygens (including phenoxy) is 1. The Bertz CT molecular complexity index is 701. The van der Waals surface area contributed by atoms with Crippen LogP contribution in [0, 0.1) is 28.6 Å². The molecule has 0 aromatic heterocycles. The molecule has 0 amide bonds. The van der Waals surface area contributed by atoms with E-state index in [4.69, 9.17) is 4.74 Å².